The van der Waals surface area contributed by atoms with Crippen LogP contribution in [0.1, 0.15) is 87.1 Å². The highest BCUT2D eigenvalue weighted by molar-refractivity contribution is 6.33. The van der Waals surface area contributed by atoms with Gasteiger partial charge in [0.1, 0.15) is 0 Å². The fourth-order valence-electron chi connectivity index (χ4n) is 2.90. The molecule has 0 saturated carbocycles. The van der Waals surface area contributed by atoms with Crippen LogP contribution in [-0.4, -0.2) is 11.1 Å². The van der Waals surface area contributed by atoms with Crippen LogP contribution in [0.5, 0.6) is 0 Å². The number of carbonyl (C=O) groups is 1. The molecule has 0 aliphatic carbocycles. The maximum absolute atomic E-state index is 11.3. The van der Waals surface area contributed by atoms with Crippen molar-refractivity contribution in [3.8, 4) is 0 Å². The van der Waals surface area contributed by atoms with Gasteiger partial charge >= 0.3 is 5.97 Å². The number of aromatic carboxylic acids is 1. The molecule has 0 unspecified atom stereocenters. The topological polar surface area (TPSA) is 63.3 Å². The number of carboxylic acid groups (broad SMARTS) is 1. The van der Waals surface area contributed by atoms with Crippen LogP contribution in [0, 0.1) is 0 Å². The first-order chi connectivity index (χ1) is 11.1. The Morgan fingerprint density at radius 1 is 1.00 bits per heavy atom. The Morgan fingerprint density at radius 3 is 2.04 bits per heavy atom. The van der Waals surface area contributed by atoms with Crippen LogP contribution in [-0.2, 0) is 6.42 Å². The van der Waals surface area contributed by atoms with Gasteiger partial charge in [0.15, 0.2) is 0 Å². The molecule has 0 atom stereocenters. The third kappa shape index (κ3) is 7.26. The summed E-state index contributed by atoms with van der Waals surface area (Å²) in [5, 5.41) is 9.69. The molecule has 0 aromatic heterocycles. The molecule has 1 aromatic carbocycles. The average Bonchev–Trinajstić information content (AvgIpc) is 2.52. The molecular weight excluding hydrogens is 310 g/mol. The first-order valence-corrected chi connectivity index (χ1v) is 9.25. The van der Waals surface area contributed by atoms with Gasteiger partial charge in [-0.15, -0.1) is 0 Å². The maximum Gasteiger partial charge on any atom is 0.336 e. The Bertz CT molecular complexity index is 489. The number of nitrogens with two attached hydrogens (primary N) is 1. The van der Waals surface area contributed by atoms with Crippen LogP contribution < -0.4 is 5.73 Å². The van der Waals surface area contributed by atoms with E-state index in [9.17, 15) is 9.90 Å². The number of hydrogen-bond donors (Lipinski definition) is 2. The smallest absolute Gasteiger partial charge is 0.336 e. The number of benzene rings is 1. The molecule has 0 amide bonds. The van der Waals surface area contributed by atoms with Crippen molar-refractivity contribution in [1.29, 1.82) is 0 Å². The Kier molecular flexibility index (Phi) is 9.77. The zero-order valence-electron chi connectivity index (χ0n) is 14.2. The third-order valence-electron chi connectivity index (χ3n) is 4.31. The molecule has 0 saturated heterocycles. The van der Waals surface area contributed by atoms with Crippen molar-refractivity contribution < 1.29 is 9.90 Å². The summed E-state index contributed by atoms with van der Waals surface area (Å²) in [4.78, 5) is 11.3. The van der Waals surface area contributed by atoms with Crippen molar-refractivity contribution in [2.75, 3.05) is 5.73 Å². The van der Waals surface area contributed by atoms with E-state index < -0.39 is 5.97 Å². The van der Waals surface area contributed by atoms with E-state index in [0.717, 1.165) is 12.8 Å². The van der Waals surface area contributed by atoms with Crippen molar-refractivity contribution in [2.45, 2.75) is 77.6 Å². The second kappa shape index (κ2) is 11.3. The summed E-state index contributed by atoms with van der Waals surface area (Å²) >= 11 is 6.01. The predicted molar refractivity (Wildman–Crippen MR) is 98.4 cm³/mol. The van der Waals surface area contributed by atoms with Crippen LogP contribution in [0.2, 0.25) is 5.02 Å². The summed E-state index contributed by atoms with van der Waals surface area (Å²) in [6, 6.07) is 3.11. The van der Waals surface area contributed by atoms with E-state index in [1.807, 2.05) is 0 Å². The summed E-state index contributed by atoms with van der Waals surface area (Å²) in [6.07, 6.45) is 13.2. The highest BCUT2D eigenvalue weighted by atomic mass is 35.5. The van der Waals surface area contributed by atoms with E-state index in [-0.39, 0.29) is 5.56 Å². The fraction of sp³-hybridized carbons (Fsp3) is 0.632. The minimum atomic E-state index is -0.935. The van der Waals surface area contributed by atoms with Crippen LogP contribution in [0.3, 0.4) is 0 Å². The van der Waals surface area contributed by atoms with Gasteiger partial charge in [0.25, 0.3) is 0 Å². The summed E-state index contributed by atoms with van der Waals surface area (Å²) in [6.45, 7) is 2.24. The zero-order chi connectivity index (χ0) is 17.1. The van der Waals surface area contributed by atoms with Crippen molar-refractivity contribution in [3.05, 3.63) is 28.3 Å². The first-order valence-electron chi connectivity index (χ1n) is 8.88. The van der Waals surface area contributed by atoms with E-state index in [4.69, 9.17) is 17.3 Å². The third-order valence-corrected chi connectivity index (χ3v) is 4.64. The molecule has 4 heteroatoms. The molecule has 3 N–H and O–H groups in total. The lowest BCUT2D eigenvalue weighted by Crippen LogP contribution is -2.06. The zero-order valence-corrected chi connectivity index (χ0v) is 15.0. The molecule has 0 heterocycles. The van der Waals surface area contributed by atoms with Gasteiger partial charge in [-0.05, 0) is 30.5 Å². The normalized spacial score (nSPS) is 10.9. The van der Waals surface area contributed by atoms with Gasteiger partial charge in [-0.3, -0.25) is 0 Å². The molecule has 0 spiro atoms. The monoisotopic (exact) mass is 339 g/mol. The Balaban J connectivity index is 2.26. The number of unbranched alkanes of at least 4 members (excludes halogenated alkanes) is 9. The van der Waals surface area contributed by atoms with E-state index in [1.165, 1.54) is 51.4 Å². The predicted octanol–water partition coefficient (Wildman–Crippen LogP) is 6.08. The highest BCUT2D eigenvalue weighted by Gasteiger charge is 2.14. The van der Waals surface area contributed by atoms with Crippen LogP contribution in [0.25, 0.3) is 0 Å². The van der Waals surface area contributed by atoms with E-state index in [2.05, 4.69) is 6.92 Å². The highest BCUT2D eigenvalue weighted by Crippen LogP contribution is 2.28. The molecule has 0 aliphatic rings. The number of rotatable bonds is 12. The molecule has 1 aromatic rings. The molecular formula is C19H30ClNO2. The minimum Gasteiger partial charge on any atom is -0.478 e. The average molecular weight is 340 g/mol. The van der Waals surface area contributed by atoms with Crippen molar-refractivity contribution in [1.82, 2.24) is 0 Å². The van der Waals surface area contributed by atoms with Gasteiger partial charge < -0.3 is 10.8 Å². The van der Waals surface area contributed by atoms with Gasteiger partial charge in [-0.1, -0.05) is 76.3 Å². The van der Waals surface area contributed by atoms with E-state index in [1.54, 1.807) is 12.1 Å². The standard InChI is InChI=1S/C19H30ClNO2/c1-2-3-4-5-6-7-8-9-10-11-12-15-16(19(22)23)13-14-17(20)18(15)21/h13-14H,2-12,21H2,1H3,(H,22,23). The lowest BCUT2D eigenvalue weighted by atomic mass is 9.98. The fourth-order valence-corrected chi connectivity index (χ4v) is 3.07. The molecule has 0 radical (unpaired) electrons. The van der Waals surface area contributed by atoms with Gasteiger partial charge in [0.2, 0.25) is 0 Å². The summed E-state index contributed by atoms with van der Waals surface area (Å²) in [5.74, 6) is -0.935. The lowest BCUT2D eigenvalue weighted by molar-refractivity contribution is 0.0695. The van der Waals surface area contributed by atoms with Crippen molar-refractivity contribution in [3.63, 3.8) is 0 Å². The van der Waals surface area contributed by atoms with Crippen LogP contribution >= 0.6 is 11.6 Å². The Hall–Kier alpha value is -1.22. The van der Waals surface area contributed by atoms with Gasteiger partial charge in [-0.2, -0.15) is 0 Å². The van der Waals surface area contributed by atoms with Crippen LogP contribution in [0.4, 0.5) is 5.69 Å². The van der Waals surface area contributed by atoms with E-state index in [0.29, 0.717) is 22.7 Å². The molecule has 1 rings (SSSR count). The van der Waals surface area contributed by atoms with E-state index >= 15 is 0 Å². The first kappa shape index (κ1) is 19.8. The quantitative estimate of drug-likeness (QED) is 0.358. The van der Waals surface area contributed by atoms with Gasteiger partial charge in [0, 0.05) is 0 Å². The van der Waals surface area contributed by atoms with Gasteiger partial charge in [0.05, 0.1) is 16.3 Å². The number of anilines is 1. The van der Waals surface area contributed by atoms with Crippen molar-refractivity contribution >= 4 is 23.3 Å². The Labute approximate surface area is 145 Å². The summed E-state index contributed by atoms with van der Waals surface area (Å²) < 4.78 is 0. The van der Waals surface area contributed by atoms with Crippen LogP contribution in [0.15, 0.2) is 12.1 Å². The molecule has 3 nitrogen and oxygen atoms in total. The molecule has 130 valence electrons. The number of halogens is 1. The Morgan fingerprint density at radius 2 is 1.52 bits per heavy atom. The summed E-state index contributed by atoms with van der Waals surface area (Å²) in [7, 11) is 0. The second-order valence-corrected chi connectivity index (χ2v) is 6.63. The molecule has 0 bridgehead atoms. The molecule has 0 aliphatic heterocycles. The number of carboxylic acids is 1. The number of hydrogen-bond acceptors (Lipinski definition) is 2. The van der Waals surface area contributed by atoms with Gasteiger partial charge in [-0.25, -0.2) is 4.79 Å². The molecule has 23 heavy (non-hydrogen) atoms. The SMILES string of the molecule is CCCCCCCCCCCCc1c(C(=O)O)ccc(Cl)c1N. The van der Waals surface area contributed by atoms with Crippen molar-refractivity contribution in [2.24, 2.45) is 0 Å². The summed E-state index contributed by atoms with van der Waals surface area (Å²) in [5.41, 5.74) is 7.33. The second-order valence-electron chi connectivity index (χ2n) is 6.22. The maximum atomic E-state index is 11.3. The lowest BCUT2D eigenvalue weighted by Gasteiger charge is -2.11. The minimum absolute atomic E-state index is 0.280. The number of nitrogen functional groups attached to an aromatic ring is 1. The largest absolute Gasteiger partial charge is 0.478 e. The molecule has 0 fully saturated rings.